The van der Waals surface area contributed by atoms with E-state index < -0.39 is 10.2 Å². The molecule has 1 heterocycles. The molecule has 0 aromatic rings. The Kier molecular flexibility index (Phi) is 2.40. The summed E-state index contributed by atoms with van der Waals surface area (Å²) < 4.78 is 34.1. The largest absolute Gasteiger partial charge is 0.328 e. The third-order valence-corrected chi connectivity index (χ3v) is 3.05. The van der Waals surface area contributed by atoms with Gasteiger partial charge in [-0.05, 0) is 23.8 Å². The van der Waals surface area contributed by atoms with Crippen LogP contribution in [0.15, 0.2) is 51.5 Å². The average molecular weight is 225 g/mol. The van der Waals surface area contributed by atoms with E-state index >= 15 is 0 Å². The standard InChI is InChI=1S/C10H8FNO2S/c11-15(13,14)9-4-5-10-8(7-9)3-1-2-6-12-10/h1-6H,7H2. The molecule has 0 unspecified atom stereocenters. The summed E-state index contributed by atoms with van der Waals surface area (Å²) in [5, 5.41) is 0. The minimum absolute atomic E-state index is 0.0619. The Labute approximate surface area is 87.2 Å². The molecule has 2 rings (SSSR count). The second-order valence-electron chi connectivity index (χ2n) is 3.15. The van der Waals surface area contributed by atoms with Gasteiger partial charge in [-0.2, -0.15) is 8.42 Å². The number of allylic oxidation sites excluding steroid dienone is 7. The van der Waals surface area contributed by atoms with Crippen LogP contribution in [0.2, 0.25) is 0 Å². The lowest BCUT2D eigenvalue weighted by Gasteiger charge is -2.11. The minimum Gasteiger partial charge on any atom is -0.257 e. The van der Waals surface area contributed by atoms with E-state index in [1.807, 2.05) is 0 Å². The molecular weight excluding hydrogens is 217 g/mol. The lowest BCUT2D eigenvalue weighted by molar-refractivity contribution is 0.558. The maximum atomic E-state index is 12.7. The van der Waals surface area contributed by atoms with E-state index in [-0.39, 0.29) is 11.3 Å². The van der Waals surface area contributed by atoms with Gasteiger partial charge in [0.05, 0.1) is 10.6 Å². The fraction of sp³-hybridized carbons (Fsp3) is 0.100. The van der Waals surface area contributed by atoms with E-state index in [1.54, 1.807) is 24.4 Å². The van der Waals surface area contributed by atoms with Crippen LogP contribution in [0.4, 0.5) is 3.89 Å². The van der Waals surface area contributed by atoms with E-state index in [0.29, 0.717) is 11.3 Å². The third-order valence-electron chi connectivity index (χ3n) is 2.14. The highest BCUT2D eigenvalue weighted by molar-refractivity contribution is 7.90. The van der Waals surface area contributed by atoms with Gasteiger partial charge in [0.15, 0.2) is 0 Å². The van der Waals surface area contributed by atoms with Gasteiger partial charge in [0.25, 0.3) is 0 Å². The van der Waals surface area contributed by atoms with E-state index in [1.165, 1.54) is 12.2 Å². The molecule has 0 fully saturated rings. The fourth-order valence-electron chi connectivity index (χ4n) is 1.40. The smallest absolute Gasteiger partial charge is 0.257 e. The fourth-order valence-corrected chi connectivity index (χ4v) is 1.96. The molecule has 78 valence electrons. The predicted molar refractivity (Wildman–Crippen MR) is 56.5 cm³/mol. The summed E-state index contributed by atoms with van der Waals surface area (Å²) in [6, 6.07) is 0. The van der Waals surface area contributed by atoms with Crippen molar-refractivity contribution < 1.29 is 12.3 Å². The van der Waals surface area contributed by atoms with Crippen LogP contribution >= 0.6 is 0 Å². The van der Waals surface area contributed by atoms with Crippen molar-refractivity contribution in [3.8, 4) is 0 Å². The van der Waals surface area contributed by atoms with Crippen LogP contribution in [0.1, 0.15) is 6.42 Å². The van der Waals surface area contributed by atoms with Gasteiger partial charge in [-0.3, -0.25) is 4.99 Å². The van der Waals surface area contributed by atoms with Crippen LogP contribution in [-0.4, -0.2) is 14.6 Å². The van der Waals surface area contributed by atoms with Crippen LogP contribution in [0.25, 0.3) is 0 Å². The Balaban J connectivity index is 2.45. The van der Waals surface area contributed by atoms with Crippen LogP contribution in [0.5, 0.6) is 0 Å². The number of rotatable bonds is 1. The molecule has 0 spiro atoms. The summed E-state index contributed by atoms with van der Waals surface area (Å²) in [5.74, 6) is 0. The summed E-state index contributed by atoms with van der Waals surface area (Å²) in [5.41, 5.74) is 1.38. The second-order valence-corrected chi connectivity index (χ2v) is 4.55. The third kappa shape index (κ3) is 2.12. The van der Waals surface area contributed by atoms with Gasteiger partial charge in [0.1, 0.15) is 0 Å². The molecule has 0 atom stereocenters. The number of hydrogen-bond acceptors (Lipinski definition) is 3. The highest BCUT2D eigenvalue weighted by atomic mass is 32.3. The SMILES string of the molecule is O=S(=O)(F)C1=CC=C2N=CC=CC=C2C1. The van der Waals surface area contributed by atoms with Gasteiger partial charge in [-0.25, -0.2) is 0 Å². The van der Waals surface area contributed by atoms with Crippen molar-refractivity contribution >= 4 is 16.4 Å². The Morgan fingerprint density at radius 2 is 2.00 bits per heavy atom. The number of halogens is 1. The zero-order valence-electron chi connectivity index (χ0n) is 7.72. The Bertz CT molecular complexity index is 536. The van der Waals surface area contributed by atoms with E-state index in [9.17, 15) is 12.3 Å². The molecule has 0 aromatic heterocycles. The topological polar surface area (TPSA) is 46.5 Å². The van der Waals surface area contributed by atoms with Gasteiger partial charge < -0.3 is 0 Å². The van der Waals surface area contributed by atoms with Gasteiger partial charge in [-0.15, -0.1) is 3.89 Å². The van der Waals surface area contributed by atoms with Crippen LogP contribution in [-0.2, 0) is 10.2 Å². The van der Waals surface area contributed by atoms with Gasteiger partial charge >= 0.3 is 10.2 Å². The quantitative estimate of drug-likeness (QED) is 0.641. The van der Waals surface area contributed by atoms with Crippen LogP contribution < -0.4 is 0 Å². The maximum absolute atomic E-state index is 12.7. The van der Waals surface area contributed by atoms with E-state index in [4.69, 9.17) is 0 Å². The lowest BCUT2D eigenvalue weighted by atomic mass is 10.0. The lowest BCUT2D eigenvalue weighted by Crippen LogP contribution is -2.03. The predicted octanol–water partition coefficient (Wildman–Crippen LogP) is 2.02. The van der Waals surface area contributed by atoms with Crippen LogP contribution in [0, 0.1) is 0 Å². The first-order chi connectivity index (χ1) is 7.07. The molecule has 0 saturated carbocycles. The zero-order valence-corrected chi connectivity index (χ0v) is 8.54. The molecule has 0 bridgehead atoms. The van der Waals surface area contributed by atoms with Crippen molar-refractivity contribution in [1.82, 2.24) is 0 Å². The van der Waals surface area contributed by atoms with Crippen molar-refractivity contribution in [2.24, 2.45) is 4.99 Å². The number of fused-ring (bicyclic) bond motifs is 1. The highest BCUT2D eigenvalue weighted by Gasteiger charge is 2.21. The summed E-state index contributed by atoms with van der Waals surface area (Å²) in [6.45, 7) is 0. The van der Waals surface area contributed by atoms with Crippen molar-refractivity contribution in [2.45, 2.75) is 6.42 Å². The molecule has 0 saturated heterocycles. The summed E-state index contributed by atoms with van der Waals surface area (Å²) >= 11 is 0. The van der Waals surface area contributed by atoms with Gasteiger partial charge in [0.2, 0.25) is 0 Å². The van der Waals surface area contributed by atoms with Crippen molar-refractivity contribution in [2.75, 3.05) is 0 Å². The monoisotopic (exact) mass is 225 g/mol. The molecule has 0 N–H and O–H groups in total. The van der Waals surface area contributed by atoms with Crippen molar-refractivity contribution in [1.29, 1.82) is 0 Å². The van der Waals surface area contributed by atoms with Crippen molar-refractivity contribution in [3.63, 3.8) is 0 Å². The van der Waals surface area contributed by atoms with E-state index in [0.717, 1.165) is 0 Å². The maximum Gasteiger partial charge on any atom is 0.328 e. The number of hydrogen-bond donors (Lipinski definition) is 0. The first-order valence-corrected chi connectivity index (χ1v) is 5.71. The molecule has 0 radical (unpaired) electrons. The molecular formula is C10H8FNO2S. The summed E-state index contributed by atoms with van der Waals surface area (Å²) in [7, 11) is -4.59. The molecule has 0 amide bonds. The normalized spacial score (nSPS) is 19.9. The average Bonchev–Trinajstić information content (AvgIpc) is 2.39. The Hall–Kier alpha value is -1.49. The molecule has 1 aliphatic carbocycles. The Morgan fingerprint density at radius 3 is 2.73 bits per heavy atom. The zero-order chi connectivity index (χ0) is 10.9. The number of nitrogens with zero attached hydrogens (tertiary/aromatic N) is 1. The van der Waals surface area contributed by atoms with Gasteiger partial charge in [-0.1, -0.05) is 12.2 Å². The first kappa shape index (κ1) is 10.0. The van der Waals surface area contributed by atoms with Crippen LogP contribution in [0.3, 0.4) is 0 Å². The summed E-state index contributed by atoms with van der Waals surface area (Å²) in [4.78, 5) is 3.86. The molecule has 2 aliphatic rings. The second kappa shape index (κ2) is 3.58. The first-order valence-electron chi connectivity index (χ1n) is 4.33. The summed E-state index contributed by atoms with van der Waals surface area (Å²) in [6.07, 6.45) is 9.64. The molecule has 3 nitrogen and oxygen atoms in total. The van der Waals surface area contributed by atoms with Gasteiger partial charge in [0, 0.05) is 12.6 Å². The number of aliphatic imine (C=N–C) groups is 1. The molecule has 0 aromatic carbocycles. The molecule has 1 aliphatic heterocycles. The Morgan fingerprint density at radius 1 is 1.20 bits per heavy atom. The highest BCUT2D eigenvalue weighted by Crippen LogP contribution is 2.29. The van der Waals surface area contributed by atoms with Crippen molar-refractivity contribution in [3.05, 3.63) is 46.6 Å². The molecule has 15 heavy (non-hydrogen) atoms. The molecule has 5 heteroatoms. The minimum atomic E-state index is -4.59. The van der Waals surface area contributed by atoms with E-state index in [2.05, 4.69) is 4.99 Å².